The van der Waals surface area contributed by atoms with E-state index in [2.05, 4.69) is 29.9 Å². The third kappa shape index (κ3) is 3.62. The largest absolute Gasteiger partial charge is 0.301 e. The fraction of sp³-hybridized carbons (Fsp3) is 0.818. The highest BCUT2D eigenvalue weighted by Gasteiger charge is 2.20. The quantitative estimate of drug-likeness (QED) is 0.696. The maximum Gasteiger partial charge on any atom is 0.0660 e. The molecule has 13 heavy (non-hydrogen) atoms. The van der Waals surface area contributed by atoms with Gasteiger partial charge in [-0.1, -0.05) is 5.92 Å². The predicted molar refractivity (Wildman–Crippen MR) is 60.9 cm³/mol. The highest BCUT2D eigenvalue weighted by atomic mass is 32.2. The standard InChI is InChI=1S/C11H19NS/c1-4-9(2)12-10(3)11-5-7-13-8-6-11/h1,9-12H,5-8H2,2-3H3. The van der Waals surface area contributed by atoms with Gasteiger partial charge in [-0.2, -0.15) is 11.8 Å². The third-order valence-corrected chi connectivity index (χ3v) is 3.78. The summed E-state index contributed by atoms with van der Waals surface area (Å²) in [5, 5.41) is 3.45. The molecule has 1 saturated heterocycles. The number of rotatable bonds is 3. The average Bonchev–Trinajstić information content (AvgIpc) is 2.19. The van der Waals surface area contributed by atoms with Crippen molar-refractivity contribution in [1.82, 2.24) is 5.32 Å². The zero-order valence-corrected chi connectivity index (χ0v) is 9.36. The second-order valence-corrected chi connectivity index (χ2v) is 5.02. The minimum Gasteiger partial charge on any atom is -0.301 e. The fourth-order valence-corrected chi connectivity index (χ4v) is 2.94. The summed E-state index contributed by atoms with van der Waals surface area (Å²) >= 11 is 2.07. The van der Waals surface area contributed by atoms with Gasteiger partial charge in [-0.3, -0.25) is 0 Å². The second kappa shape index (κ2) is 5.57. The molecule has 0 aromatic rings. The molecule has 1 fully saturated rings. The zero-order chi connectivity index (χ0) is 9.68. The molecule has 1 nitrogen and oxygen atoms in total. The maximum absolute atomic E-state index is 5.33. The minimum atomic E-state index is 0.213. The number of thioether (sulfide) groups is 1. The highest BCUT2D eigenvalue weighted by molar-refractivity contribution is 7.99. The molecule has 0 radical (unpaired) electrons. The first kappa shape index (κ1) is 10.9. The van der Waals surface area contributed by atoms with Crippen LogP contribution in [0.3, 0.4) is 0 Å². The van der Waals surface area contributed by atoms with Gasteiger partial charge in [-0.15, -0.1) is 6.42 Å². The summed E-state index contributed by atoms with van der Waals surface area (Å²) in [7, 11) is 0. The van der Waals surface area contributed by atoms with Gasteiger partial charge < -0.3 is 5.32 Å². The normalized spacial score (nSPS) is 23.5. The van der Waals surface area contributed by atoms with E-state index in [-0.39, 0.29) is 6.04 Å². The molecule has 2 unspecified atom stereocenters. The van der Waals surface area contributed by atoms with Gasteiger partial charge in [0.05, 0.1) is 6.04 Å². The van der Waals surface area contributed by atoms with Gasteiger partial charge in [0.1, 0.15) is 0 Å². The van der Waals surface area contributed by atoms with Crippen molar-refractivity contribution in [3.63, 3.8) is 0 Å². The van der Waals surface area contributed by atoms with Crippen molar-refractivity contribution >= 4 is 11.8 Å². The molecule has 74 valence electrons. The monoisotopic (exact) mass is 197 g/mol. The van der Waals surface area contributed by atoms with Gasteiger partial charge >= 0.3 is 0 Å². The predicted octanol–water partition coefficient (Wildman–Crippen LogP) is 2.13. The van der Waals surface area contributed by atoms with Crippen molar-refractivity contribution in [3.8, 4) is 12.3 Å². The molecular formula is C11H19NS. The Kier molecular flexibility index (Phi) is 4.69. The number of nitrogens with one attached hydrogen (secondary N) is 1. The zero-order valence-electron chi connectivity index (χ0n) is 8.55. The van der Waals surface area contributed by atoms with Gasteiger partial charge in [0, 0.05) is 6.04 Å². The Bertz CT molecular complexity index is 179. The van der Waals surface area contributed by atoms with Crippen molar-refractivity contribution in [3.05, 3.63) is 0 Å². The Labute approximate surface area is 86.1 Å². The van der Waals surface area contributed by atoms with Crippen LogP contribution in [0.2, 0.25) is 0 Å². The van der Waals surface area contributed by atoms with E-state index in [0.717, 1.165) is 5.92 Å². The van der Waals surface area contributed by atoms with Crippen molar-refractivity contribution in [2.24, 2.45) is 5.92 Å². The van der Waals surface area contributed by atoms with Crippen LogP contribution in [0, 0.1) is 18.3 Å². The van der Waals surface area contributed by atoms with Crippen molar-refractivity contribution in [2.45, 2.75) is 38.8 Å². The van der Waals surface area contributed by atoms with Crippen LogP contribution in [0.15, 0.2) is 0 Å². The molecule has 2 atom stereocenters. The lowest BCUT2D eigenvalue weighted by atomic mass is 9.94. The lowest BCUT2D eigenvalue weighted by Crippen LogP contribution is -2.40. The van der Waals surface area contributed by atoms with Crippen molar-refractivity contribution in [1.29, 1.82) is 0 Å². The van der Waals surface area contributed by atoms with E-state index in [1.807, 2.05) is 6.92 Å². The molecule has 0 aromatic heterocycles. The average molecular weight is 197 g/mol. The Morgan fingerprint density at radius 1 is 1.38 bits per heavy atom. The lowest BCUT2D eigenvalue weighted by molar-refractivity contribution is 0.345. The van der Waals surface area contributed by atoms with Crippen LogP contribution in [0.5, 0.6) is 0 Å². The number of hydrogen-bond acceptors (Lipinski definition) is 2. The second-order valence-electron chi connectivity index (χ2n) is 3.79. The molecule has 0 spiro atoms. The first-order chi connectivity index (χ1) is 6.24. The van der Waals surface area contributed by atoms with Gasteiger partial charge in [0.25, 0.3) is 0 Å². The molecule has 1 N–H and O–H groups in total. The molecule has 0 saturated carbocycles. The van der Waals surface area contributed by atoms with Crippen LogP contribution in [-0.4, -0.2) is 23.6 Å². The van der Waals surface area contributed by atoms with Crippen molar-refractivity contribution in [2.75, 3.05) is 11.5 Å². The fourth-order valence-electron chi connectivity index (χ4n) is 1.79. The highest BCUT2D eigenvalue weighted by Crippen LogP contribution is 2.25. The smallest absolute Gasteiger partial charge is 0.0660 e. The van der Waals surface area contributed by atoms with E-state index >= 15 is 0 Å². The van der Waals surface area contributed by atoms with Gasteiger partial charge in [0.2, 0.25) is 0 Å². The number of terminal acetylenes is 1. The van der Waals surface area contributed by atoms with Gasteiger partial charge in [-0.05, 0) is 44.1 Å². The summed E-state index contributed by atoms with van der Waals surface area (Å²) in [5.41, 5.74) is 0. The molecular weight excluding hydrogens is 178 g/mol. The molecule has 1 aliphatic heterocycles. The Balaban J connectivity index is 2.29. The third-order valence-electron chi connectivity index (χ3n) is 2.74. The molecule has 0 amide bonds. The van der Waals surface area contributed by atoms with E-state index in [0.29, 0.717) is 6.04 Å². The first-order valence-corrected chi connectivity index (χ1v) is 6.19. The topological polar surface area (TPSA) is 12.0 Å². The summed E-state index contributed by atoms with van der Waals surface area (Å²) in [6.07, 6.45) is 8.02. The molecule has 0 aromatic carbocycles. The molecule has 0 aliphatic carbocycles. The van der Waals surface area contributed by atoms with E-state index in [1.165, 1.54) is 24.3 Å². The SMILES string of the molecule is C#CC(C)NC(C)C1CCSCC1. The Hall–Kier alpha value is -0.130. The number of hydrogen-bond donors (Lipinski definition) is 1. The molecule has 0 bridgehead atoms. The van der Waals surface area contributed by atoms with E-state index in [4.69, 9.17) is 6.42 Å². The summed E-state index contributed by atoms with van der Waals surface area (Å²) < 4.78 is 0. The molecule has 2 heteroatoms. The summed E-state index contributed by atoms with van der Waals surface area (Å²) in [6, 6.07) is 0.788. The Morgan fingerprint density at radius 3 is 2.54 bits per heavy atom. The van der Waals surface area contributed by atoms with Crippen LogP contribution >= 0.6 is 11.8 Å². The van der Waals surface area contributed by atoms with Crippen LogP contribution < -0.4 is 5.32 Å². The van der Waals surface area contributed by atoms with Crippen LogP contribution in [0.4, 0.5) is 0 Å². The van der Waals surface area contributed by atoms with E-state index in [9.17, 15) is 0 Å². The Morgan fingerprint density at radius 2 is 2.00 bits per heavy atom. The van der Waals surface area contributed by atoms with E-state index in [1.54, 1.807) is 0 Å². The van der Waals surface area contributed by atoms with Crippen molar-refractivity contribution < 1.29 is 0 Å². The van der Waals surface area contributed by atoms with Crippen LogP contribution in [-0.2, 0) is 0 Å². The summed E-state index contributed by atoms with van der Waals surface area (Å²) in [5.74, 6) is 6.19. The van der Waals surface area contributed by atoms with Gasteiger partial charge in [0.15, 0.2) is 0 Å². The molecule has 1 rings (SSSR count). The lowest BCUT2D eigenvalue weighted by Gasteiger charge is -2.29. The molecule has 1 aliphatic rings. The van der Waals surface area contributed by atoms with E-state index < -0.39 is 0 Å². The first-order valence-electron chi connectivity index (χ1n) is 5.04. The maximum atomic E-state index is 5.33. The van der Waals surface area contributed by atoms with Gasteiger partial charge in [-0.25, -0.2) is 0 Å². The summed E-state index contributed by atoms with van der Waals surface area (Å²) in [4.78, 5) is 0. The summed E-state index contributed by atoms with van der Waals surface area (Å²) in [6.45, 7) is 4.31. The van der Waals surface area contributed by atoms with Crippen LogP contribution in [0.1, 0.15) is 26.7 Å². The molecule has 1 heterocycles. The van der Waals surface area contributed by atoms with Crippen LogP contribution in [0.25, 0.3) is 0 Å². The minimum absolute atomic E-state index is 0.213.